The molecule has 18 heavy (non-hydrogen) atoms. The molecule has 0 bridgehead atoms. The minimum atomic E-state index is 0.0812. The van der Waals surface area contributed by atoms with E-state index < -0.39 is 0 Å². The maximum absolute atomic E-state index is 12.4. The van der Waals surface area contributed by atoms with Gasteiger partial charge in [0.25, 0.3) is 5.91 Å². The number of nitrogens with zero attached hydrogens (tertiary/aromatic N) is 1. The number of hydrogen-bond acceptors (Lipinski definition) is 2. The van der Waals surface area contributed by atoms with E-state index in [2.05, 4.69) is 22.9 Å². The molecule has 2 unspecified atom stereocenters. The van der Waals surface area contributed by atoms with Gasteiger partial charge in [0.15, 0.2) is 0 Å². The van der Waals surface area contributed by atoms with Gasteiger partial charge in [-0.15, -0.1) is 0 Å². The quantitative estimate of drug-likeness (QED) is 0.866. The molecule has 0 aromatic heterocycles. The number of nitrogens with two attached hydrogens (primary N) is 1. The van der Waals surface area contributed by atoms with E-state index in [0.717, 1.165) is 28.6 Å². The Bertz CT molecular complexity index is 451. The number of amides is 1. The predicted molar refractivity (Wildman–Crippen MR) is 76.5 cm³/mol. The maximum Gasteiger partial charge on any atom is 0.253 e. The molecule has 1 aliphatic heterocycles. The molecule has 0 spiro atoms. The van der Waals surface area contributed by atoms with Gasteiger partial charge < -0.3 is 10.6 Å². The minimum absolute atomic E-state index is 0.0812. The van der Waals surface area contributed by atoms with Crippen LogP contribution in [0.3, 0.4) is 0 Å². The van der Waals surface area contributed by atoms with Crippen LogP contribution in [0.15, 0.2) is 22.7 Å². The van der Waals surface area contributed by atoms with Crippen LogP contribution >= 0.6 is 15.9 Å². The number of halogens is 1. The van der Waals surface area contributed by atoms with Crippen LogP contribution in [0.2, 0.25) is 0 Å². The lowest BCUT2D eigenvalue weighted by Crippen LogP contribution is -2.48. The van der Waals surface area contributed by atoms with Crippen molar-refractivity contribution in [3.05, 3.63) is 33.8 Å². The Balaban J connectivity index is 2.17. The van der Waals surface area contributed by atoms with E-state index in [-0.39, 0.29) is 11.9 Å². The molecule has 98 valence electrons. The van der Waals surface area contributed by atoms with Crippen molar-refractivity contribution in [1.82, 2.24) is 4.90 Å². The fourth-order valence-corrected chi connectivity index (χ4v) is 2.85. The third-order valence-corrected chi connectivity index (χ3v) is 4.25. The second-order valence-corrected chi connectivity index (χ2v) is 6.13. The average molecular weight is 311 g/mol. The van der Waals surface area contributed by atoms with E-state index in [1.165, 1.54) is 0 Å². The number of rotatable bonds is 1. The Kier molecular flexibility index (Phi) is 4.07. The summed E-state index contributed by atoms with van der Waals surface area (Å²) in [7, 11) is 0. The van der Waals surface area contributed by atoms with E-state index in [0.29, 0.717) is 12.5 Å². The summed E-state index contributed by atoms with van der Waals surface area (Å²) in [6, 6.07) is 5.84. The van der Waals surface area contributed by atoms with Crippen LogP contribution in [0, 0.1) is 12.8 Å². The van der Waals surface area contributed by atoms with E-state index in [1.54, 1.807) is 0 Å². The van der Waals surface area contributed by atoms with Crippen molar-refractivity contribution in [1.29, 1.82) is 0 Å². The predicted octanol–water partition coefficient (Wildman–Crippen LogP) is 2.57. The van der Waals surface area contributed by atoms with Crippen LogP contribution in [0.4, 0.5) is 0 Å². The molecule has 0 radical (unpaired) electrons. The summed E-state index contributed by atoms with van der Waals surface area (Å²) < 4.78 is 0.975. The second kappa shape index (κ2) is 5.41. The highest BCUT2D eigenvalue weighted by molar-refractivity contribution is 9.10. The third-order valence-electron chi connectivity index (χ3n) is 3.40. The molecule has 1 aromatic rings. The number of benzene rings is 1. The summed E-state index contributed by atoms with van der Waals surface area (Å²) in [5.41, 5.74) is 7.85. The molecule has 3 nitrogen and oxygen atoms in total. The van der Waals surface area contributed by atoms with Gasteiger partial charge in [0.05, 0.1) is 0 Å². The van der Waals surface area contributed by atoms with Crippen molar-refractivity contribution in [2.75, 3.05) is 13.1 Å². The number of piperidine rings is 1. The van der Waals surface area contributed by atoms with Gasteiger partial charge in [-0.3, -0.25) is 4.79 Å². The van der Waals surface area contributed by atoms with Crippen molar-refractivity contribution < 1.29 is 4.79 Å². The van der Waals surface area contributed by atoms with Crippen LogP contribution in [0.5, 0.6) is 0 Å². The van der Waals surface area contributed by atoms with Gasteiger partial charge in [-0.2, -0.15) is 0 Å². The molecule has 2 N–H and O–H groups in total. The molecule has 1 amide bonds. The zero-order chi connectivity index (χ0) is 13.3. The maximum atomic E-state index is 12.4. The lowest BCUT2D eigenvalue weighted by atomic mass is 9.96. The van der Waals surface area contributed by atoms with Crippen LogP contribution in [0.25, 0.3) is 0 Å². The van der Waals surface area contributed by atoms with Crippen LogP contribution < -0.4 is 5.73 Å². The Labute approximate surface area is 116 Å². The van der Waals surface area contributed by atoms with Gasteiger partial charge >= 0.3 is 0 Å². The fourth-order valence-electron chi connectivity index (χ4n) is 2.47. The minimum Gasteiger partial charge on any atom is -0.337 e. The highest BCUT2D eigenvalue weighted by Crippen LogP contribution is 2.21. The highest BCUT2D eigenvalue weighted by Gasteiger charge is 2.26. The van der Waals surface area contributed by atoms with Gasteiger partial charge in [-0.1, -0.05) is 28.9 Å². The Morgan fingerprint density at radius 3 is 2.78 bits per heavy atom. The first-order valence-corrected chi connectivity index (χ1v) is 7.07. The van der Waals surface area contributed by atoms with E-state index in [4.69, 9.17) is 5.73 Å². The average Bonchev–Trinajstić information content (AvgIpc) is 2.30. The summed E-state index contributed by atoms with van der Waals surface area (Å²) >= 11 is 3.47. The molecular weight excluding hydrogens is 292 g/mol. The molecule has 1 aromatic carbocycles. The van der Waals surface area contributed by atoms with Crippen LogP contribution in [-0.2, 0) is 0 Å². The third kappa shape index (κ3) is 2.93. The first kappa shape index (κ1) is 13.6. The molecule has 1 saturated heterocycles. The number of carbonyl (C=O) groups excluding carboxylic acids is 1. The Morgan fingerprint density at radius 1 is 1.44 bits per heavy atom. The van der Waals surface area contributed by atoms with Crippen molar-refractivity contribution >= 4 is 21.8 Å². The largest absolute Gasteiger partial charge is 0.337 e. The Morgan fingerprint density at radius 2 is 2.17 bits per heavy atom. The monoisotopic (exact) mass is 310 g/mol. The molecule has 1 fully saturated rings. The first-order chi connectivity index (χ1) is 8.47. The molecule has 1 aliphatic rings. The zero-order valence-electron chi connectivity index (χ0n) is 10.8. The normalized spacial score (nSPS) is 24.1. The van der Waals surface area contributed by atoms with Gasteiger partial charge in [0, 0.05) is 29.2 Å². The molecular formula is C14H19BrN2O. The SMILES string of the molecule is Cc1ccc(C(=O)N2CC(C)CC(N)C2)cc1Br. The fraction of sp³-hybridized carbons (Fsp3) is 0.500. The molecule has 2 rings (SSSR count). The smallest absolute Gasteiger partial charge is 0.253 e. The van der Waals surface area contributed by atoms with Crippen molar-refractivity contribution in [2.45, 2.75) is 26.3 Å². The van der Waals surface area contributed by atoms with Gasteiger partial charge in [0.2, 0.25) is 0 Å². The molecule has 1 heterocycles. The standard InChI is InChI=1S/C14H19BrN2O/c1-9-5-12(16)8-17(7-9)14(18)11-4-3-10(2)13(15)6-11/h3-4,6,9,12H,5,7-8,16H2,1-2H3. The van der Waals surface area contributed by atoms with E-state index in [1.807, 2.05) is 30.0 Å². The summed E-state index contributed by atoms with van der Waals surface area (Å²) in [4.78, 5) is 14.3. The number of aryl methyl sites for hydroxylation is 1. The topological polar surface area (TPSA) is 46.3 Å². The molecule has 2 atom stereocenters. The number of likely N-dealkylation sites (tertiary alicyclic amines) is 1. The summed E-state index contributed by atoms with van der Waals surface area (Å²) in [5.74, 6) is 0.560. The van der Waals surface area contributed by atoms with Gasteiger partial charge in [-0.25, -0.2) is 0 Å². The lowest BCUT2D eigenvalue weighted by Gasteiger charge is -2.34. The van der Waals surface area contributed by atoms with Crippen molar-refractivity contribution in [3.63, 3.8) is 0 Å². The molecule has 0 aliphatic carbocycles. The number of carbonyl (C=O) groups is 1. The summed E-state index contributed by atoms with van der Waals surface area (Å²) in [6.07, 6.45) is 1.00. The molecule has 4 heteroatoms. The Hall–Kier alpha value is -0.870. The summed E-state index contributed by atoms with van der Waals surface area (Å²) in [6.45, 7) is 5.62. The van der Waals surface area contributed by atoms with Gasteiger partial charge in [0.1, 0.15) is 0 Å². The van der Waals surface area contributed by atoms with Crippen LogP contribution in [-0.4, -0.2) is 29.9 Å². The zero-order valence-corrected chi connectivity index (χ0v) is 12.4. The number of hydrogen-bond donors (Lipinski definition) is 1. The first-order valence-electron chi connectivity index (χ1n) is 6.28. The van der Waals surface area contributed by atoms with Gasteiger partial charge in [-0.05, 0) is 37.0 Å². The highest BCUT2D eigenvalue weighted by atomic mass is 79.9. The summed E-state index contributed by atoms with van der Waals surface area (Å²) in [5, 5.41) is 0. The second-order valence-electron chi connectivity index (χ2n) is 5.28. The van der Waals surface area contributed by atoms with Crippen molar-refractivity contribution in [2.24, 2.45) is 11.7 Å². The van der Waals surface area contributed by atoms with Crippen LogP contribution in [0.1, 0.15) is 29.3 Å². The molecule has 0 saturated carbocycles. The van der Waals surface area contributed by atoms with E-state index >= 15 is 0 Å². The van der Waals surface area contributed by atoms with E-state index in [9.17, 15) is 4.79 Å². The lowest BCUT2D eigenvalue weighted by molar-refractivity contribution is 0.0661. The van der Waals surface area contributed by atoms with Crippen molar-refractivity contribution in [3.8, 4) is 0 Å².